The third-order valence-electron chi connectivity index (χ3n) is 3.26. The summed E-state index contributed by atoms with van der Waals surface area (Å²) in [6, 6.07) is 10.8. The molecule has 0 saturated carbocycles. The Kier molecular flexibility index (Phi) is 5.76. The SMILES string of the molecule is COc1cc(C)c(C=NNC(=O)c2ccccc2Br)cc1OC. The molecule has 0 aliphatic carbocycles. The van der Waals surface area contributed by atoms with E-state index in [0.717, 1.165) is 15.6 Å². The van der Waals surface area contributed by atoms with E-state index in [1.54, 1.807) is 38.6 Å². The van der Waals surface area contributed by atoms with Crippen LogP contribution >= 0.6 is 15.9 Å². The van der Waals surface area contributed by atoms with Gasteiger partial charge in [0.1, 0.15) is 0 Å². The van der Waals surface area contributed by atoms with Gasteiger partial charge < -0.3 is 9.47 Å². The van der Waals surface area contributed by atoms with Crippen molar-refractivity contribution >= 4 is 28.1 Å². The third-order valence-corrected chi connectivity index (χ3v) is 3.95. The number of nitrogens with one attached hydrogen (secondary N) is 1. The lowest BCUT2D eigenvalue weighted by Crippen LogP contribution is -2.18. The molecule has 2 aromatic rings. The second-order valence-corrected chi connectivity index (χ2v) is 5.60. The van der Waals surface area contributed by atoms with E-state index in [9.17, 15) is 4.79 Å². The second-order valence-electron chi connectivity index (χ2n) is 4.74. The zero-order valence-electron chi connectivity index (χ0n) is 13.1. The highest BCUT2D eigenvalue weighted by Gasteiger charge is 2.09. The summed E-state index contributed by atoms with van der Waals surface area (Å²) in [7, 11) is 3.16. The van der Waals surface area contributed by atoms with Crippen LogP contribution in [0.2, 0.25) is 0 Å². The molecule has 0 heterocycles. The first-order valence-corrected chi connectivity index (χ1v) is 7.66. The molecule has 1 N–H and O–H groups in total. The van der Waals surface area contributed by atoms with Crippen LogP contribution in [0, 0.1) is 6.92 Å². The van der Waals surface area contributed by atoms with Crippen molar-refractivity contribution in [3.8, 4) is 11.5 Å². The van der Waals surface area contributed by atoms with Crippen LogP contribution in [0.3, 0.4) is 0 Å². The largest absolute Gasteiger partial charge is 0.493 e. The molecular weight excluding hydrogens is 360 g/mol. The van der Waals surface area contributed by atoms with Crippen molar-refractivity contribution in [3.63, 3.8) is 0 Å². The maximum Gasteiger partial charge on any atom is 0.272 e. The highest BCUT2D eigenvalue weighted by molar-refractivity contribution is 9.10. The fourth-order valence-electron chi connectivity index (χ4n) is 2.00. The molecule has 0 fully saturated rings. The van der Waals surface area contributed by atoms with Crippen molar-refractivity contribution in [2.75, 3.05) is 14.2 Å². The van der Waals surface area contributed by atoms with Crippen LogP contribution in [0.1, 0.15) is 21.5 Å². The molecule has 0 aromatic heterocycles. The van der Waals surface area contributed by atoms with Gasteiger partial charge in [0.05, 0.1) is 26.0 Å². The fourth-order valence-corrected chi connectivity index (χ4v) is 2.47. The van der Waals surface area contributed by atoms with Crippen molar-refractivity contribution in [2.24, 2.45) is 5.10 Å². The molecule has 0 unspecified atom stereocenters. The van der Waals surface area contributed by atoms with Crippen LogP contribution in [-0.4, -0.2) is 26.3 Å². The van der Waals surface area contributed by atoms with Crippen LogP contribution in [-0.2, 0) is 0 Å². The van der Waals surface area contributed by atoms with Crippen molar-refractivity contribution in [1.29, 1.82) is 0 Å². The zero-order valence-corrected chi connectivity index (χ0v) is 14.7. The summed E-state index contributed by atoms with van der Waals surface area (Å²) in [5, 5.41) is 4.01. The molecule has 0 aliphatic heterocycles. The number of hydrogen-bond donors (Lipinski definition) is 1. The number of methoxy groups -OCH3 is 2. The highest BCUT2D eigenvalue weighted by Crippen LogP contribution is 2.29. The summed E-state index contributed by atoms with van der Waals surface area (Å²) in [5.41, 5.74) is 4.82. The Morgan fingerprint density at radius 3 is 2.48 bits per heavy atom. The lowest BCUT2D eigenvalue weighted by atomic mass is 10.1. The van der Waals surface area contributed by atoms with Gasteiger partial charge in [0, 0.05) is 10.0 Å². The first-order valence-electron chi connectivity index (χ1n) is 6.87. The lowest BCUT2D eigenvalue weighted by Gasteiger charge is -2.10. The Balaban J connectivity index is 2.15. The lowest BCUT2D eigenvalue weighted by molar-refractivity contribution is 0.0954. The Morgan fingerprint density at radius 2 is 1.83 bits per heavy atom. The summed E-state index contributed by atoms with van der Waals surface area (Å²) in [5.74, 6) is 0.975. The average molecular weight is 377 g/mol. The minimum Gasteiger partial charge on any atom is -0.493 e. The first kappa shape index (κ1) is 17.0. The maximum atomic E-state index is 12.1. The van der Waals surface area contributed by atoms with Gasteiger partial charge in [-0.05, 0) is 52.7 Å². The minimum atomic E-state index is -0.285. The molecule has 0 bridgehead atoms. The van der Waals surface area contributed by atoms with Crippen LogP contribution in [0.5, 0.6) is 11.5 Å². The molecule has 1 amide bonds. The Bertz CT molecular complexity index is 745. The van der Waals surface area contributed by atoms with Crippen LogP contribution in [0.25, 0.3) is 0 Å². The molecule has 0 aliphatic rings. The van der Waals surface area contributed by atoms with Gasteiger partial charge in [-0.2, -0.15) is 5.10 Å². The number of nitrogens with zero attached hydrogens (tertiary/aromatic N) is 1. The normalized spacial score (nSPS) is 10.6. The predicted octanol–water partition coefficient (Wildman–Crippen LogP) is 3.54. The summed E-state index contributed by atoms with van der Waals surface area (Å²) >= 11 is 3.34. The number of ether oxygens (including phenoxy) is 2. The van der Waals surface area contributed by atoms with E-state index in [-0.39, 0.29) is 5.91 Å². The molecule has 0 spiro atoms. The van der Waals surface area contributed by atoms with Crippen molar-refractivity contribution < 1.29 is 14.3 Å². The number of aryl methyl sites for hydroxylation is 1. The molecule has 5 nitrogen and oxygen atoms in total. The molecule has 0 radical (unpaired) electrons. The van der Waals surface area contributed by atoms with Gasteiger partial charge in [0.25, 0.3) is 5.91 Å². The van der Waals surface area contributed by atoms with E-state index >= 15 is 0 Å². The van der Waals surface area contributed by atoms with Gasteiger partial charge in [-0.3, -0.25) is 4.79 Å². The molecule has 2 rings (SSSR count). The molecule has 0 atom stereocenters. The number of hydrogen-bond acceptors (Lipinski definition) is 4. The smallest absolute Gasteiger partial charge is 0.272 e. The van der Waals surface area contributed by atoms with E-state index in [0.29, 0.717) is 17.1 Å². The Labute approximate surface area is 143 Å². The standard InChI is InChI=1S/C17H17BrN2O3/c1-11-8-15(22-2)16(23-3)9-12(11)10-19-20-17(21)13-6-4-5-7-14(13)18/h4-10H,1-3H3,(H,20,21). The predicted molar refractivity (Wildman–Crippen MR) is 93.5 cm³/mol. The zero-order chi connectivity index (χ0) is 16.8. The first-order chi connectivity index (χ1) is 11.1. The number of carbonyl (C=O) groups is 1. The number of amides is 1. The molecular formula is C17H17BrN2O3. The summed E-state index contributed by atoms with van der Waals surface area (Å²) < 4.78 is 11.2. The van der Waals surface area contributed by atoms with Crippen LogP contribution in [0.15, 0.2) is 46.0 Å². The Morgan fingerprint density at radius 1 is 1.17 bits per heavy atom. The quantitative estimate of drug-likeness (QED) is 0.641. The number of rotatable bonds is 5. The fraction of sp³-hybridized carbons (Fsp3) is 0.176. The van der Waals surface area contributed by atoms with E-state index in [1.807, 2.05) is 25.1 Å². The van der Waals surface area contributed by atoms with E-state index in [2.05, 4.69) is 26.5 Å². The molecule has 120 valence electrons. The highest BCUT2D eigenvalue weighted by atomic mass is 79.9. The van der Waals surface area contributed by atoms with E-state index in [1.165, 1.54) is 0 Å². The van der Waals surface area contributed by atoms with Gasteiger partial charge in [0.15, 0.2) is 11.5 Å². The number of halogens is 1. The number of carbonyl (C=O) groups excluding carboxylic acids is 1. The minimum absolute atomic E-state index is 0.285. The number of hydrazone groups is 1. The summed E-state index contributed by atoms with van der Waals surface area (Å²) in [6.45, 7) is 1.93. The molecule has 23 heavy (non-hydrogen) atoms. The van der Waals surface area contributed by atoms with Crippen LogP contribution in [0.4, 0.5) is 0 Å². The summed E-state index contributed by atoms with van der Waals surface area (Å²) in [4.78, 5) is 12.1. The van der Waals surface area contributed by atoms with Gasteiger partial charge in [-0.25, -0.2) is 5.43 Å². The van der Waals surface area contributed by atoms with Gasteiger partial charge in [-0.15, -0.1) is 0 Å². The maximum absolute atomic E-state index is 12.1. The average Bonchev–Trinajstić information content (AvgIpc) is 2.56. The molecule has 6 heteroatoms. The third kappa shape index (κ3) is 4.10. The van der Waals surface area contributed by atoms with E-state index < -0.39 is 0 Å². The van der Waals surface area contributed by atoms with Crippen molar-refractivity contribution in [2.45, 2.75) is 6.92 Å². The Hall–Kier alpha value is -2.34. The van der Waals surface area contributed by atoms with Gasteiger partial charge in [0.2, 0.25) is 0 Å². The van der Waals surface area contributed by atoms with Gasteiger partial charge >= 0.3 is 0 Å². The van der Waals surface area contributed by atoms with E-state index in [4.69, 9.17) is 9.47 Å². The van der Waals surface area contributed by atoms with Crippen molar-refractivity contribution in [3.05, 3.63) is 57.6 Å². The van der Waals surface area contributed by atoms with Crippen LogP contribution < -0.4 is 14.9 Å². The second kappa shape index (κ2) is 7.78. The molecule has 2 aromatic carbocycles. The summed E-state index contributed by atoms with van der Waals surface area (Å²) in [6.07, 6.45) is 1.58. The van der Waals surface area contributed by atoms with Gasteiger partial charge in [-0.1, -0.05) is 12.1 Å². The topological polar surface area (TPSA) is 59.9 Å². The van der Waals surface area contributed by atoms with Crippen molar-refractivity contribution in [1.82, 2.24) is 5.43 Å². The number of benzene rings is 2. The molecule has 0 saturated heterocycles. The monoisotopic (exact) mass is 376 g/mol.